The van der Waals surface area contributed by atoms with Crippen molar-refractivity contribution in [3.8, 4) is 0 Å². The third-order valence-corrected chi connectivity index (χ3v) is 5.08. The number of hydrogen-bond acceptors (Lipinski definition) is 3. The number of likely N-dealkylation sites (tertiary alicyclic amines) is 1. The third kappa shape index (κ3) is 2.67. The van der Waals surface area contributed by atoms with Gasteiger partial charge in [-0.15, -0.1) is 0 Å². The average molecular weight is 239 g/mol. The third-order valence-electron chi connectivity index (χ3n) is 5.08. The predicted molar refractivity (Wildman–Crippen MR) is 73.1 cm³/mol. The zero-order chi connectivity index (χ0) is 12.5. The molecule has 0 spiro atoms. The molecule has 3 nitrogen and oxygen atoms in total. The van der Waals surface area contributed by atoms with Crippen molar-refractivity contribution in [2.75, 3.05) is 33.7 Å². The molecule has 1 saturated carbocycles. The molecule has 2 fully saturated rings. The van der Waals surface area contributed by atoms with Crippen LogP contribution in [0.1, 0.15) is 39.0 Å². The minimum atomic E-state index is 0.344. The van der Waals surface area contributed by atoms with Crippen LogP contribution in [0, 0.1) is 5.92 Å². The van der Waals surface area contributed by atoms with Crippen molar-refractivity contribution < 1.29 is 0 Å². The number of piperidine rings is 1. The van der Waals surface area contributed by atoms with Gasteiger partial charge in [0.25, 0.3) is 0 Å². The Morgan fingerprint density at radius 3 is 2.29 bits per heavy atom. The molecule has 1 saturated heterocycles. The highest BCUT2D eigenvalue weighted by atomic mass is 15.2. The minimum Gasteiger partial charge on any atom is -0.329 e. The Morgan fingerprint density at radius 1 is 1.24 bits per heavy atom. The summed E-state index contributed by atoms with van der Waals surface area (Å²) in [6.07, 6.45) is 6.62. The number of hydrogen-bond donors (Lipinski definition) is 1. The molecule has 2 N–H and O–H groups in total. The Labute approximate surface area is 106 Å². The minimum absolute atomic E-state index is 0.344. The van der Waals surface area contributed by atoms with E-state index >= 15 is 0 Å². The molecule has 17 heavy (non-hydrogen) atoms. The summed E-state index contributed by atoms with van der Waals surface area (Å²) in [7, 11) is 4.41. The van der Waals surface area contributed by atoms with Gasteiger partial charge in [-0.25, -0.2) is 0 Å². The lowest BCUT2D eigenvalue weighted by atomic mass is 9.90. The Hall–Kier alpha value is -0.120. The second-order valence-corrected chi connectivity index (χ2v) is 6.46. The fourth-order valence-electron chi connectivity index (χ4n) is 3.83. The van der Waals surface area contributed by atoms with Crippen LogP contribution in [0.4, 0.5) is 0 Å². The lowest BCUT2D eigenvalue weighted by molar-refractivity contribution is 0.0466. The van der Waals surface area contributed by atoms with Crippen LogP contribution in [0.15, 0.2) is 0 Å². The summed E-state index contributed by atoms with van der Waals surface area (Å²) in [4.78, 5) is 5.08. The van der Waals surface area contributed by atoms with E-state index in [2.05, 4.69) is 30.8 Å². The van der Waals surface area contributed by atoms with Crippen LogP contribution in [0.3, 0.4) is 0 Å². The van der Waals surface area contributed by atoms with E-state index in [4.69, 9.17) is 5.73 Å². The normalized spacial score (nSPS) is 36.9. The maximum absolute atomic E-state index is 6.10. The van der Waals surface area contributed by atoms with Gasteiger partial charge in [-0.1, -0.05) is 6.92 Å². The number of nitrogens with zero attached hydrogens (tertiary/aromatic N) is 2. The monoisotopic (exact) mass is 239 g/mol. The van der Waals surface area contributed by atoms with E-state index in [1.807, 2.05) is 0 Å². The van der Waals surface area contributed by atoms with Crippen LogP contribution in [-0.2, 0) is 0 Å². The summed E-state index contributed by atoms with van der Waals surface area (Å²) in [6, 6.07) is 0.778. The summed E-state index contributed by atoms with van der Waals surface area (Å²) in [5.74, 6) is 0.866. The first-order valence-corrected chi connectivity index (χ1v) is 7.19. The fraction of sp³-hybridized carbons (Fsp3) is 1.00. The quantitative estimate of drug-likeness (QED) is 0.811. The second kappa shape index (κ2) is 5.25. The molecule has 3 heteroatoms. The molecule has 1 aliphatic carbocycles. The highest BCUT2D eigenvalue weighted by molar-refractivity contribution is 4.99. The highest BCUT2D eigenvalue weighted by Gasteiger charge is 2.42. The van der Waals surface area contributed by atoms with E-state index in [0.29, 0.717) is 5.54 Å². The van der Waals surface area contributed by atoms with Gasteiger partial charge in [0.05, 0.1) is 0 Å². The summed E-state index contributed by atoms with van der Waals surface area (Å²) in [6.45, 7) is 5.72. The van der Waals surface area contributed by atoms with Crippen LogP contribution in [0.2, 0.25) is 0 Å². The van der Waals surface area contributed by atoms with E-state index in [0.717, 1.165) is 18.5 Å². The van der Waals surface area contributed by atoms with Crippen molar-refractivity contribution in [2.24, 2.45) is 11.7 Å². The SMILES string of the molecule is CC1CCC(CN)(N2CCC(N(C)C)CC2)C1. The maximum Gasteiger partial charge on any atom is 0.0334 e. The largest absolute Gasteiger partial charge is 0.329 e. The van der Waals surface area contributed by atoms with Gasteiger partial charge in [-0.3, -0.25) is 4.90 Å². The summed E-state index contributed by atoms with van der Waals surface area (Å²) < 4.78 is 0. The molecule has 0 radical (unpaired) electrons. The zero-order valence-electron chi connectivity index (χ0n) is 11.8. The maximum atomic E-state index is 6.10. The topological polar surface area (TPSA) is 32.5 Å². The first-order valence-electron chi connectivity index (χ1n) is 7.19. The lowest BCUT2D eigenvalue weighted by Crippen LogP contribution is -2.56. The van der Waals surface area contributed by atoms with Gasteiger partial charge < -0.3 is 10.6 Å². The summed E-state index contributed by atoms with van der Waals surface area (Å²) in [5, 5.41) is 0. The van der Waals surface area contributed by atoms with Gasteiger partial charge in [-0.05, 0) is 52.1 Å². The molecule has 1 heterocycles. The van der Waals surface area contributed by atoms with E-state index in [1.54, 1.807) is 0 Å². The Balaban J connectivity index is 1.95. The summed E-state index contributed by atoms with van der Waals surface area (Å²) >= 11 is 0. The Bertz CT molecular complexity index is 246. The molecule has 100 valence electrons. The van der Waals surface area contributed by atoms with E-state index < -0.39 is 0 Å². The highest BCUT2D eigenvalue weighted by Crippen LogP contribution is 2.39. The Morgan fingerprint density at radius 2 is 1.88 bits per heavy atom. The Kier molecular flexibility index (Phi) is 4.11. The van der Waals surface area contributed by atoms with Gasteiger partial charge in [0.2, 0.25) is 0 Å². The van der Waals surface area contributed by atoms with Crippen molar-refractivity contribution in [1.29, 1.82) is 0 Å². The summed E-state index contributed by atoms with van der Waals surface area (Å²) in [5.41, 5.74) is 6.45. The molecule has 0 aromatic rings. The van der Waals surface area contributed by atoms with Crippen molar-refractivity contribution in [3.63, 3.8) is 0 Å². The van der Waals surface area contributed by atoms with Crippen LogP contribution in [-0.4, -0.2) is 55.1 Å². The average Bonchev–Trinajstić information content (AvgIpc) is 2.72. The van der Waals surface area contributed by atoms with Crippen LogP contribution in [0.5, 0.6) is 0 Å². The molecule has 0 aromatic carbocycles. The predicted octanol–water partition coefficient (Wildman–Crippen LogP) is 1.53. The molecule has 2 atom stereocenters. The number of rotatable bonds is 3. The van der Waals surface area contributed by atoms with Gasteiger partial charge >= 0.3 is 0 Å². The van der Waals surface area contributed by atoms with Crippen molar-refractivity contribution >= 4 is 0 Å². The smallest absolute Gasteiger partial charge is 0.0334 e. The molecular weight excluding hydrogens is 210 g/mol. The molecule has 2 unspecified atom stereocenters. The fourth-order valence-corrected chi connectivity index (χ4v) is 3.83. The standard InChI is InChI=1S/C14H29N3/c1-12-4-7-14(10-12,11-15)17-8-5-13(6-9-17)16(2)3/h12-13H,4-11,15H2,1-3H3. The van der Waals surface area contributed by atoms with Gasteiger partial charge in [-0.2, -0.15) is 0 Å². The second-order valence-electron chi connectivity index (χ2n) is 6.46. The lowest BCUT2D eigenvalue weighted by Gasteiger charge is -2.46. The molecule has 0 aromatic heterocycles. The van der Waals surface area contributed by atoms with Gasteiger partial charge in [0.1, 0.15) is 0 Å². The van der Waals surface area contributed by atoms with Gasteiger partial charge in [0.15, 0.2) is 0 Å². The van der Waals surface area contributed by atoms with E-state index in [1.165, 1.54) is 45.2 Å². The first kappa shape index (κ1) is 13.3. The zero-order valence-corrected chi connectivity index (χ0v) is 11.8. The van der Waals surface area contributed by atoms with Crippen molar-refractivity contribution in [1.82, 2.24) is 9.80 Å². The molecule has 1 aliphatic heterocycles. The van der Waals surface area contributed by atoms with Crippen LogP contribution < -0.4 is 5.73 Å². The van der Waals surface area contributed by atoms with E-state index in [-0.39, 0.29) is 0 Å². The number of nitrogens with two attached hydrogens (primary N) is 1. The molecule has 2 aliphatic rings. The van der Waals surface area contributed by atoms with E-state index in [9.17, 15) is 0 Å². The molecule has 0 bridgehead atoms. The molecule has 0 amide bonds. The van der Waals surface area contributed by atoms with Crippen LogP contribution in [0.25, 0.3) is 0 Å². The first-order chi connectivity index (χ1) is 8.07. The van der Waals surface area contributed by atoms with Gasteiger partial charge in [0, 0.05) is 31.2 Å². The van der Waals surface area contributed by atoms with Crippen molar-refractivity contribution in [2.45, 2.75) is 50.6 Å². The molecule has 2 rings (SSSR count). The molecular formula is C14H29N3. The van der Waals surface area contributed by atoms with Crippen molar-refractivity contribution in [3.05, 3.63) is 0 Å². The van der Waals surface area contributed by atoms with Crippen LogP contribution >= 0.6 is 0 Å².